The average Bonchev–Trinajstić information content (AvgIpc) is 2.77. The van der Waals surface area contributed by atoms with Crippen molar-refractivity contribution in [3.63, 3.8) is 0 Å². The van der Waals surface area contributed by atoms with Gasteiger partial charge in [-0.1, -0.05) is 119 Å². The van der Waals surface area contributed by atoms with Gasteiger partial charge in [0.25, 0.3) is 0 Å². The predicted octanol–water partition coefficient (Wildman–Crippen LogP) is 8.68. The van der Waals surface area contributed by atoms with E-state index in [-0.39, 0.29) is 23.6 Å². The van der Waals surface area contributed by atoms with Crippen molar-refractivity contribution in [2.45, 2.75) is 76.3 Å². The molecule has 0 amide bonds. The molecule has 2 aromatic rings. The van der Waals surface area contributed by atoms with Gasteiger partial charge in [-0.15, -0.1) is 0 Å². The zero-order chi connectivity index (χ0) is 22.4. The Hall–Kier alpha value is -1.75. The van der Waals surface area contributed by atoms with E-state index < -0.39 is 5.51 Å². The second-order valence-corrected chi connectivity index (χ2v) is 8.97. The smallest absolute Gasteiger partial charge is 0.280 e. The monoisotopic (exact) mass is 449 g/mol. The molecule has 0 spiro atoms. The van der Waals surface area contributed by atoms with Crippen molar-refractivity contribution in [3.05, 3.63) is 71.8 Å². The van der Waals surface area contributed by atoms with Gasteiger partial charge in [0.1, 0.15) is 0 Å². The summed E-state index contributed by atoms with van der Waals surface area (Å²) in [5.74, 6) is -0.0385. The molecule has 0 saturated carbocycles. The number of rotatable bonds is 14. The van der Waals surface area contributed by atoms with Crippen LogP contribution in [0.1, 0.15) is 75.8 Å². The molecule has 0 aliphatic rings. The van der Waals surface area contributed by atoms with Crippen LogP contribution in [0.15, 0.2) is 65.7 Å². The Labute approximate surface area is 189 Å². The van der Waals surface area contributed by atoms with E-state index in [0.717, 1.165) is 36.1 Å². The fraction of sp³-hybridized carbons (Fsp3) is 0.500. The molecular weight excluding hydrogens is 415 g/mol. The maximum absolute atomic E-state index is 12.9. The highest BCUT2D eigenvalue weighted by atomic mass is 32.2. The maximum Gasteiger partial charge on any atom is 0.441 e. The number of alkyl halides is 3. The molecule has 0 aromatic heterocycles. The van der Waals surface area contributed by atoms with Gasteiger partial charge in [0, 0.05) is 16.9 Å². The Balaban J connectivity index is 2.07. The number of halogens is 3. The maximum atomic E-state index is 12.9. The van der Waals surface area contributed by atoms with Gasteiger partial charge in [-0.3, -0.25) is 4.99 Å². The molecular formula is C26H34F3NS. The molecule has 2 rings (SSSR count). The van der Waals surface area contributed by atoms with E-state index in [1.54, 1.807) is 0 Å². The summed E-state index contributed by atoms with van der Waals surface area (Å²) in [6.45, 7) is 2.21. The SMILES string of the molecule is CCCCCCCCCCC(CSC(F)(F)F)N=C(c1ccccc1)c1ccccc1. The van der Waals surface area contributed by atoms with Crippen LogP contribution in [0, 0.1) is 0 Å². The summed E-state index contributed by atoms with van der Waals surface area (Å²) in [6.07, 6.45) is 10.1. The number of benzene rings is 2. The van der Waals surface area contributed by atoms with Crippen molar-refractivity contribution in [3.8, 4) is 0 Å². The van der Waals surface area contributed by atoms with Crippen LogP contribution in [0.5, 0.6) is 0 Å². The fourth-order valence-corrected chi connectivity index (χ4v) is 4.20. The van der Waals surface area contributed by atoms with Gasteiger partial charge in [0.05, 0.1) is 11.8 Å². The van der Waals surface area contributed by atoms with E-state index in [4.69, 9.17) is 4.99 Å². The largest absolute Gasteiger partial charge is 0.441 e. The van der Waals surface area contributed by atoms with Gasteiger partial charge < -0.3 is 0 Å². The zero-order valence-corrected chi connectivity index (χ0v) is 19.2. The first-order valence-corrected chi connectivity index (χ1v) is 12.4. The van der Waals surface area contributed by atoms with Crippen molar-refractivity contribution in [2.24, 2.45) is 4.99 Å². The molecule has 5 heteroatoms. The molecule has 31 heavy (non-hydrogen) atoms. The molecule has 0 aliphatic heterocycles. The van der Waals surface area contributed by atoms with E-state index in [1.807, 2.05) is 60.7 Å². The highest BCUT2D eigenvalue weighted by molar-refractivity contribution is 8.00. The second-order valence-electron chi connectivity index (χ2n) is 7.88. The third-order valence-electron chi connectivity index (χ3n) is 5.24. The highest BCUT2D eigenvalue weighted by Crippen LogP contribution is 2.32. The molecule has 1 atom stereocenters. The van der Waals surface area contributed by atoms with Gasteiger partial charge in [-0.2, -0.15) is 13.2 Å². The van der Waals surface area contributed by atoms with Crippen LogP contribution in [-0.2, 0) is 0 Å². The van der Waals surface area contributed by atoms with Crippen molar-refractivity contribution in [1.29, 1.82) is 0 Å². The summed E-state index contributed by atoms with van der Waals surface area (Å²) in [6, 6.07) is 19.1. The molecule has 2 aromatic carbocycles. The number of hydrogen-bond acceptors (Lipinski definition) is 2. The Morgan fingerprint density at radius 1 is 0.774 bits per heavy atom. The Morgan fingerprint density at radius 3 is 1.74 bits per heavy atom. The topological polar surface area (TPSA) is 12.4 Å². The molecule has 0 radical (unpaired) electrons. The van der Waals surface area contributed by atoms with E-state index in [9.17, 15) is 13.2 Å². The third kappa shape index (κ3) is 10.9. The molecule has 0 N–H and O–H groups in total. The summed E-state index contributed by atoms with van der Waals surface area (Å²) < 4.78 is 38.7. The van der Waals surface area contributed by atoms with Crippen LogP contribution in [0.4, 0.5) is 13.2 Å². The summed E-state index contributed by atoms with van der Waals surface area (Å²) in [5, 5.41) is 0. The zero-order valence-electron chi connectivity index (χ0n) is 18.4. The Morgan fingerprint density at radius 2 is 1.26 bits per heavy atom. The highest BCUT2D eigenvalue weighted by Gasteiger charge is 2.29. The average molecular weight is 450 g/mol. The summed E-state index contributed by atoms with van der Waals surface area (Å²) in [5.41, 5.74) is -1.58. The lowest BCUT2D eigenvalue weighted by molar-refractivity contribution is -0.0328. The molecule has 0 saturated heterocycles. The van der Waals surface area contributed by atoms with E-state index in [1.165, 1.54) is 32.1 Å². The molecule has 0 fully saturated rings. The Bertz CT molecular complexity index is 703. The molecule has 1 nitrogen and oxygen atoms in total. The van der Waals surface area contributed by atoms with Crippen molar-refractivity contribution < 1.29 is 13.2 Å². The van der Waals surface area contributed by atoms with Gasteiger partial charge in [-0.05, 0) is 18.2 Å². The normalized spacial score (nSPS) is 12.5. The first kappa shape index (κ1) is 25.5. The van der Waals surface area contributed by atoms with Gasteiger partial charge in [0.2, 0.25) is 0 Å². The van der Waals surface area contributed by atoms with E-state index in [0.29, 0.717) is 6.42 Å². The number of aliphatic imine (C=N–C) groups is 1. The second kappa shape index (κ2) is 14.3. The lowest BCUT2D eigenvalue weighted by Gasteiger charge is -2.17. The van der Waals surface area contributed by atoms with Crippen LogP contribution in [0.25, 0.3) is 0 Å². The lowest BCUT2D eigenvalue weighted by atomic mass is 10.0. The van der Waals surface area contributed by atoms with Crippen LogP contribution < -0.4 is 0 Å². The molecule has 170 valence electrons. The number of hydrogen-bond donors (Lipinski definition) is 0. The Kier molecular flexibility index (Phi) is 11.8. The fourth-order valence-electron chi connectivity index (χ4n) is 3.58. The van der Waals surface area contributed by atoms with E-state index in [2.05, 4.69) is 6.92 Å². The molecule has 1 unspecified atom stereocenters. The molecule has 0 heterocycles. The van der Waals surface area contributed by atoms with Gasteiger partial charge in [0.15, 0.2) is 0 Å². The van der Waals surface area contributed by atoms with Gasteiger partial charge in [-0.25, -0.2) is 0 Å². The van der Waals surface area contributed by atoms with Crippen LogP contribution in [0.2, 0.25) is 0 Å². The lowest BCUT2D eigenvalue weighted by Crippen LogP contribution is -2.17. The van der Waals surface area contributed by atoms with E-state index >= 15 is 0 Å². The first-order valence-electron chi connectivity index (χ1n) is 11.4. The summed E-state index contributed by atoms with van der Waals surface area (Å²) in [4.78, 5) is 4.87. The van der Waals surface area contributed by atoms with Crippen molar-refractivity contribution in [2.75, 3.05) is 5.75 Å². The first-order chi connectivity index (χ1) is 15.0. The quantitative estimate of drug-likeness (QED) is 0.208. The minimum atomic E-state index is -4.23. The minimum absolute atomic E-state index is 0.0385. The standard InChI is InChI=1S/C26H34F3NS/c1-2-3-4-5-6-7-8-15-20-24(21-31-26(27,28)29)30-25(22-16-11-9-12-17-22)23-18-13-10-14-19-23/h9-14,16-19,24H,2-8,15,20-21H2,1H3. The number of nitrogens with zero attached hydrogens (tertiary/aromatic N) is 1. The van der Waals surface area contributed by atoms with Crippen LogP contribution in [-0.4, -0.2) is 23.0 Å². The molecule has 0 aliphatic carbocycles. The number of unbranched alkanes of at least 4 members (excludes halogenated alkanes) is 7. The summed E-state index contributed by atoms with van der Waals surface area (Å²) in [7, 11) is 0. The van der Waals surface area contributed by atoms with Crippen molar-refractivity contribution in [1.82, 2.24) is 0 Å². The summed E-state index contributed by atoms with van der Waals surface area (Å²) >= 11 is 0.0443. The van der Waals surface area contributed by atoms with Crippen LogP contribution in [0.3, 0.4) is 0 Å². The van der Waals surface area contributed by atoms with Crippen LogP contribution >= 0.6 is 11.8 Å². The van der Waals surface area contributed by atoms with Gasteiger partial charge >= 0.3 is 5.51 Å². The molecule has 0 bridgehead atoms. The number of thioether (sulfide) groups is 1. The van der Waals surface area contributed by atoms with Crippen molar-refractivity contribution >= 4 is 17.5 Å². The minimum Gasteiger partial charge on any atom is -0.280 e. The predicted molar refractivity (Wildman–Crippen MR) is 128 cm³/mol. The third-order valence-corrected chi connectivity index (χ3v) is 6.12.